The van der Waals surface area contributed by atoms with Crippen LogP contribution < -0.4 is 16.4 Å². The van der Waals surface area contributed by atoms with E-state index in [9.17, 15) is 0 Å². The van der Waals surface area contributed by atoms with Gasteiger partial charge in [-0.1, -0.05) is 163 Å². The molecule has 0 radical (unpaired) electrons. The van der Waals surface area contributed by atoms with Gasteiger partial charge in [0.1, 0.15) is 0 Å². The van der Waals surface area contributed by atoms with Gasteiger partial charge in [-0.25, -0.2) is 0 Å². The van der Waals surface area contributed by atoms with E-state index in [-0.39, 0.29) is 12.1 Å². The highest BCUT2D eigenvalue weighted by molar-refractivity contribution is 8.01. The third-order valence-corrected chi connectivity index (χ3v) is 15.5. The number of hydrogen-bond acceptors (Lipinski definition) is 2. The van der Waals surface area contributed by atoms with E-state index in [1.165, 1.54) is 124 Å². The summed E-state index contributed by atoms with van der Waals surface area (Å²) in [5, 5.41) is 5.25. The number of para-hydroxylation sites is 3. The predicted molar refractivity (Wildman–Crippen MR) is 248 cm³/mol. The fourth-order valence-corrected chi connectivity index (χ4v) is 13.6. The molecule has 13 rings (SSSR count). The lowest BCUT2D eigenvalue weighted by molar-refractivity contribution is 0.667. The van der Waals surface area contributed by atoms with Crippen molar-refractivity contribution in [1.82, 2.24) is 9.13 Å². The van der Waals surface area contributed by atoms with Crippen LogP contribution in [0, 0.1) is 13.8 Å². The van der Waals surface area contributed by atoms with E-state index in [1.54, 1.807) is 0 Å². The zero-order chi connectivity index (χ0) is 38.6. The number of rotatable bonds is 2. The van der Waals surface area contributed by atoms with Crippen LogP contribution in [-0.2, 0) is 5.41 Å². The molecule has 0 spiro atoms. The molecule has 0 saturated carbocycles. The van der Waals surface area contributed by atoms with Crippen molar-refractivity contribution < 1.29 is 0 Å². The van der Waals surface area contributed by atoms with Gasteiger partial charge in [0.25, 0.3) is 0 Å². The SMILES string of the molecule is Cc1ccc2c(c1)Sc1cc(-n3c4ccccc4c4c3c3c(c5c6ccccc6n(-c6ccccc6)c54)C(C)(C)c4ccccc4-3)cc3c1B2c1ccc(C)cc1S3. The number of aromatic nitrogens is 2. The third kappa shape index (κ3) is 4.23. The van der Waals surface area contributed by atoms with Crippen LogP contribution in [0.2, 0.25) is 0 Å². The van der Waals surface area contributed by atoms with E-state index < -0.39 is 0 Å². The lowest BCUT2D eigenvalue weighted by Gasteiger charge is -2.33. The molecule has 5 heteroatoms. The Bertz CT molecular complexity index is 3390. The molecule has 0 unspecified atom stereocenters. The lowest BCUT2D eigenvalue weighted by Crippen LogP contribution is -2.58. The van der Waals surface area contributed by atoms with Gasteiger partial charge in [0.15, 0.2) is 0 Å². The summed E-state index contributed by atoms with van der Waals surface area (Å²) in [6.45, 7) is 9.54. The van der Waals surface area contributed by atoms with Crippen LogP contribution >= 0.6 is 23.5 Å². The summed E-state index contributed by atoms with van der Waals surface area (Å²) >= 11 is 3.90. The van der Waals surface area contributed by atoms with E-state index in [2.05, 4.69) is 188 Å². The fraction of sp³-hybridized carbons (Fsp3) is 0.0943. The van der Waals surface area contributed by atoms with Gasteiger partial charge in [0.05, 0.1) is 22.1 Å². The Kier molecular flexibility index (Phi) is 6.64. The summed E-state index contributed by atoms with van der Waals surface area (Å²) in [5.74, 6) is 0. The van der Waals surface area contributed by atoms with Crippen molar-refractivity contribution in [2.24, 2.45) is 0 Å². The molecule has 0 fully saturated rings. The van der Waals surface area contributed by atoms with Crippen LogP contribution in [0.4, 0.5) is 0 Å². The number of benzene rings is 8. The number of fused-ring (bicyclic) bond motifs is 16. The molecule has 0 atom stereocenters. The maximum Gasteiger partial charge on any atom is 0.247 e. The van der Waals surface area contributed by atoms with Crippen LogP contribution in [-0.4, -0.2) is 15.8 Å². The van der Waals surface area contributed by atoms with E-state index >= 15 is 0 Å². The Hall–Kier alpha value is -5.88. The Balaban J connectivity index is 1.23. The fourth-order valence-electron chi connectivity index (χ4n) is 10.9. The van der Waals surface area contributed by atoms with E-state index in [4.69, 9.17) is 0 Å². The summed E-state index contributed by atoms with van der Waals surface area (Å²) < 4.78 is 5.19. The topological polar surface area (TPSA) is 9.86 Å². The van der Waals surface area contributed by atoms with Gasteiger partial charge in [-0.3, -0.25) is 0 Å². The number of aryl methyl sites for hydroxylation is 2. The van der Waals surface area contributed by atoms with E-state index in [1.807, 2.05) is 23.5 Å². The van der Waals surface area contributed by atoms with E-state index in [0.29, 0.717) is 0 Å². The molecule has 3 aliphatic rings. The molecule has 4 heterocycles. The Labute approximate surface area is 346 Å². The second-order valence-electron chi connectivity index (χ2n) is 17.0. The molecule has 274 valence electrons. The van der Waals surface area contributed by atoms with Crippen LogP contribution in [0.5, 0.6) is 0 Å². The molecule has 2 aromatic heterocycles. The van der Waals surface area contributed by atoms with Crippen LogP contribution in [0.1, 0.15) is 36.1 Å². The minimum absolute atomic E-state index is 0.212. The van der Waals surface area contributed by atoms with Crippen molar-refractivity contribution in [3.05, 3.63) is 174 Å². The first kappa shape index (κ1) is 33.1. The van der Waals surface area contributed by atoms with Gasteiger partial charge >= 0.3 is 0 Å². The van der Waals surface area contributed by atoms with Gasteiger partial charge in [-0.15, -0.1) is 0 Å². The van der Waals surface area contributed by atoms with Crippen molar-refractivity contribution in [2.45, 2.75) is 52.7 Å². The summed E-state index contributed by atoms with van der Waals surface area (Å²) in [4.78, 5) is 5.45. The van der Waals surface area contributed by atoms with Crippen molar-refractivity contribution in [1.29, 1.82) is 0 Å². The van der Waals surface area contributed by atoms with Crippen LogP contribution in [0.15, 0.2) is 171 Å². The minimum atomic E-state index is -0.227. The smallest absolute Gasteiger partial charge is 0.247 e. The van der Waals surface area contributed by atoms with Gasteiger partial charge in [-0.05, 0) is 84.5 Å². The van der Waals surface area contributed by atoms with Crippen LogP contribution in [0.3, 0.4) is 0 Å². The highest BCUT2D eigenvalue weighted by Crippen LogP contribution is 2.58. The molecule has 0 N–H and O–H groups in total. The first-order valence-corrected chi connectivity index (χ1v) is 21.9. The molecular weight excluding hydrogens is 740 g/mol. The highest BCUT2D eigenvalue weighted by Gasteiger charge is 2.43. The molecule has 1 aliphatic carbocycles. The second-order valence-corrected chi connectivity index (χ2v) is 19.2. The summed E-state index contributed by atoms with van der Waals surface area (Å²) in [5.41, 5.74) is 19.6. The van der Waals surface area contributed by atoms with Gasteiger partial charge in [-0.2, -0.15) is 0 Å². The summed E-state index contributed by atoms with van der Waals surface area (Å²) in [6, 6.07) is 57.6. The van der Waals surface area contributed by atoms with Crippen molar-refractivity contribution >= 4 is 90.2 Å². The molecule has 2 nitrogen and oxygen atoms in total. The quantitative estimate of drug-likeness (QED) is 0.162. The molecule has 58 heavy (non-hydrogen) atoms. The zero-order valence-corrected chi connectivity index (χ0v) is 34.4. The summed E-state index contributed by atoms with van der Waals surface area (Å²) in [7, 11) is 0. The van der Waals surface area contributed by atoms with Gasteiger partial charge in [0, 0.05) is 63.5 Å². The van der Waals surface area contributed by atoms with E-state index in [0.717, 1.165) is 0 Å². The minimum Gasteiger partial charge on any atom is -0.309 e. The first-order valence-electron chi connectivity index (χ1n) is 20.3. The van der Waals surface area contributed by atoms with Crippen molar-refractivity contribution in [3.63, 3.8) is 0 Å². The molecule has 2 aliphatic heterocycles. The van der Waals surface area contributed by atoms with Gasteiger partial charge in [0.2, 0.25) is 6.71 Å². The average Bonchev–Trinajstić information content (AvgIpc) is 3.84. The second kappa shape index (κ2) is 11.6. The Morgan fingerprint density at radius 3 is 1.71 bits per heavy atom. The Morgan fingerprint density at radius 2 is 1.05 bits per heavy atom. The zero-order valence-electron chi connectivity index (χ0n) is 32.7. The highest BCUT2D eigenvalue weighted by atomic mass is 32.2. The average molecular weight is 777 g/mol. The molecular formula is C53H37BN2S2. The monoisotopic (exact) mass is 776 g/mol. The third-order valence-electron chi connectivity index (χ3n) is 13.3. The normalized spacial score (nSPS) is 14.5. The first-order chi connectivity index (χ1) is 28.4. The van der Waals surface area contributed by atoms with Crippen molar-refractivity contribution in [2.75, 3.05) is 0 Å². The van der Waals surface area contributed by atoms with Crippen molar-refractivity contribution in [3.8, 4) is 22.5 Å². The number of nitrogens with zero attached hydrogens (tertiary/aromatic N) is 2. The standard InChI is InChI=1S/C53H37BN2S2/c1-30-22-24-38-42(26-30)57-44-28-33(29-45-50(44)54(38)39-25-23-31(2)27-43(39)58-45)56-41-21-13-10-18-36(41)48-51(56)46-34-16-8-11-19-37(34)53(3,4)49(46)47-35-17-9-12-20-40(35)55(52(47)48)32-14-6-5-7-15-32/h5-29H,1-4H3. The lowest BCUT2D eigenvalue weighted by atomic mass is 9.36. The van der Waals surface area contributed by atoms with Gasteiger partial charge < -0.3 is 9.13 Å². The Morgan fingerprint density at radius 1 is 0.500 bits per heavy atom. The molecule has 0 amide bonds. The summed E-state index contributed by atoms with van der Waals surface area (Å²) in [6.07, 6.45) is 0. The molecule has 10 aromatic rings. The number of hydrogen-bond donors (Lipinski definition) is 0. The molecule has 0 bridgehead atoms. The predicted octanol–water partition coefficient (Wildman–Crippen LogP) is 12.2. The maximum atomic E-state index is 2.64. The molecule has 8 aromatic carbocycles. The maximum absolute atomic E-state index is 2.64. The molecule has 0 saturated heterocycles. The largest absolute Gasteiger partial charge is 0.309 e. The van der Waals surface area contributed by atoms with Crippen LogP contribution in [0.25, 0.3) is 66.1 Å².